The molecule has 0 atom stereocenters. The van der Waals surface area contributed by atoms with Gasteiger partial charge in [0.15, 0.2) is 11.5 Å². The van der Waals surface area contributed by atoms with Crippen molar-refractivity contribution in [3.05, 3.63) is 23.7 Å². The maximum atomic E-state index is 9.28. The highest BCUT2D eigenvalue weighted by Crippen LogP contribution is 2.08. The molecule has 2 nitrogen and oxygen atoms in total. The number of hydrogen-bond acceptors (Lipinski definition) is 2. The summed E-state index contributed by atoms with van der Waals surface area (Å²) >= 11 is 0. The third kappa shape index (κ3) is 4.06. The summed E-state index contributed by atoms with van der Waals surface area (Å²) < 4.78 is 5.33. The number of unbranched alkanes of at least 4 members (excludes halogenated alkanes) is 1. The van der Waals surface area contributed by atoms with Gasteiger partial charge in [-0.05, 0) is 32.4 Å². The minimum atomic E-state index is 0.216. The van der Waals surface area contributed by atoms with Crippen LogP contribution in [0.25, 0.3) is 0 Å². The van der Waals surface area contributed by atoms with E-state index in [0.29, 0.717) is 12.4 Å². The van der Waals surface area contributed by atoms with Gasteiger partial charge in [-0.3, -0.25) is 0 Å². The third-order valence-corrected chi connectivity index (χ3v) is 1.54. The maximum Gasteiger partial charge on any atom is 0.156 e. The summed E-state index contributed by atoms with van der Waals surface area (Å²) in [6.07, 6.45) is 5.52. The quantitative estimate of drug-likeness (QED) is 0.390. The largest absolute Gasteiger partial charge is 0.504 e. The topological polar surface area (TPSA) is 29.5 Å². The Morgan fingerprint density at radius 2 is 2.00 bits per heavy atom. The van der Waals surface area contributed by atoms with Gasteiger partial charge < -0.3 is 9.84 Å². The Kier molecular flexibility index (Phi) is 6.25. The Bertz CT molecular complexity index is 169. The van der Waals surface area contributed by atoms with Crippen LogP contribution >= 0.6 is 0 Å². The molecule has 0 unspecified atom stereocenters. The number of aliphatic hydroxyl groups is 1. The molecule has 0 amide bonds. The van der Waals surface area contributed by atoms with Crippen LogP contribution in [-0.4, -0.2) is 11.7 Å². The summed E-state index contributed by atoms with van der Waals surface area (Å²) in [6.45, 7) is 6.41. The highest BCUT2D eigenvalue weighted by Gasteiger charge is 2.00. The van der Waals surface area contributed by atoms with Crippen molar-refractivity contribution in [3.8, 4) is 0 Å². The average Bonchev–Trinajstić information content (AvgIpc) is 2.11. The van der Waals surface area contributed by atoms with Crippen LogP contribution in [-0.2, 0) is 4.74 Å². The number of ether oxygens (including phenoxy) is 1. The van der Waals surface area contributed by atoms with Crippen LogP contribution in [0.15, 0.2) is 23.7 Å². The lowest BCUT2D eigenvalue weighted by Crippen LogP contribution is -1.97. The lowest BCUT2D eigenvalue weighted by atomic mass is 10.3. The molecule has 0 aliphatic rings. The van der Waals surface area contributed by atoms with Gasteiger partial charge in [0.2, 0.25) is 0 Å². The molecule has 0 aromatic heterocycles. The second-order valence-electron chi connectivity index (χ2n) is 2.53. The molecule has 12 heavy (non-hydrogen) atoms. The Morgan fingerprint density at radius 1 is 1.33 bits per heavy atom. The SMILES string of the molecule is CC=C(O)C(=CC)OCCCC. The fraction of sp³-hybridized carbons (Fsp3) is 0.600. The van der Waals surface area contributed by atoms with Gasteiger partial charge in [0.05, 0.1) is 6.61 Å². The summed E-state index contributed by atoms with van der Waals surface area (Å²) in [5.41, 5.74) is 0. The molecule has 2 heteroatoms. The van der Waals surface area contributed by atoms with Crippen LogP contribution in [0.4, 0.5) is 0 Å². The molecule has 0 rings (SSSR count). The van der Waals surface area contributed by atoms with Crippen LogP contribution in [0.3, 0.4) is 0 Å². The molecule has 0 aromatic rings. The molecule has 0 aliphatic heterocycles. The Morgan fingerprint density at radius 3 is 2.42 bits per heavy atom. The fourth-order valence-electron chi connectivity index (χ4n) is 0.774. The van der Waals surface area contributed by atoms with Gasteiger partial charge in [0.25, 0.3) is 0 Å². The molecule has 0 saturated heterocycles. The minimum Gasteiger partial charge on any atom is -0.504 e. The standard InChI is InChI=1S/C10H18O2/c1-4-7-8-12-10(6-3)9(11)5-2/h5-6,11H,4,7-8H2,1-3H3. The molecule has 0 saturated carbocycles. The Hall–Kier alpha value is -0.920. The summed E-state index contributed by atoms with van der Waals surface area (Å²) in [4.78, 5) is 0. The van der Waals surface area contributed by atoms with E-state index in [9.17, 15) is 5.11 Å². The monoisotopic (exact) mass is 170 g/mol. The van der Waals surface area contributed by atoms with E-state index in [0.717, 1.165) is 12.8 Å². The van der Waals surface area contributed by atoms with Gasteiger partial charge in [0.1, 0.15) is 0 Å². The molecular weight excluding hydrogens is 152 g/mol. The zero-order valence-corrected chi connectivity index (χ0v) is 8.13. The first-order chi connectivity index (χ1) is 5.76. The highest BCUT2D eigenvalue weighted by atomic mass is 16.5. The van der Waals surface area contributed by atoms with Crippen molar-refractivity contribution in [2.75, 3.05) is 6.61 Å². The van der Waals surface area contributed by atoms with E-state index >= 15 is 0 Å². The normalized spacial score (nSPS) is 13.2. The van der Waals surface area contributed by atoms with Crippen LogP contribution < -0.4 is 0 Å². The van der Waals surface area contributed by atoms with Crippen molar-refractivity contribution in [3.63, 3.8) is 0 Å². The number of aliphatic hydroxyl groups excluding tert-OH is 1. The molecule has 1 N–H and O–H groups in total. The van der Waals surface area contributed by atoms with Gasteiger partial charge in [0, 0.05) is 0 Å². The van der Waals surface area contributed by atoms with E-state index in [4.69, 9.17) is 4.74 Å². The van der Waals surface area contributed by atoms with Crippen molar-refractivity contribution in [2.24, 2.45) is 0 Å². The van der Waals surface area contributed by atoms with E-state index in [1.54, 1.807) is 19.1 Å². The van der Waals surface area contributed by atoms with Gasteiger partial charge in [-0.25, -0.2) is 0 Å². The van der Waals surface area contributed by atoms with Crippen molar-refractivity contribution in [1.82, 2.24) is 0 Å². The van der Waals surface area contributed by atoms with Crippen LogP contribution in [0.2, 0.25) is 0 Å². The van der Waals surface area contributed by atoms with Crippen LogP contribution in [0, 0.1) is 0 Å². The van der Waals surface area contributed by atoms with E-state index in [1.807, 2.05) is 6.92 Å². The number of allylic oxidation sites excluding steroid dienone is 2. The summed E-state index contributed by atoms with van der Waals surface area (Å²) in [7, 11) is 0. The predicted octanol–water partition coefficient (Wildman–Crippen LogP) is 3.17. The van der Waals surface area contributed by atoms with Gasteiger partial charge in [-0.15, -0.1) is 0 Å². The van der Waals surface area contributed by atoms with Crippen molar-refractivity contribution in [2.45, 2.75) is 33.6 Å². The molecule has 0 bridgehead atoms. The predicted molar refractivity (Wildman–Crippen MR) is 51.0 cm³/mol. The Balaban J connectivity index is 3.86. The second kappa shape index (κ2) is 6.77. The van der Waals surface area contributed by atoms with Crippen molar-refractivity contribution in [1.29, 1.82) is 0 Å². The molecule has 0 aromatic carbocycles. The zero-order chi connectivity index (χ0) is 9.40. The maximum absolute atomic E-state index is 9.28. The van der Waals surface area contributed by atoms with E-state index < -0.39 is 0 Å². The second-order valence-corrected chi connectivity index (χ2v) is 2.53. The first kappa shape index (κ1) is 11.1. The van der Waals surface area contributed by atoms with Gasteiger partial charge in [-0.1, -0.05) is 13.3 Å². The molecule has 0 heterocycles. The molecule has 70 valence electrons. The fourth-order valence-corrected chi connectivity index (χ4v) is 0.774. The summed E-state index contributed by atoms with van der Waals surface area (Å²) in [5.74, 6) is 0.791. The molecular formula is C10H18O2. The first-order valence-corrected chi connectivity index (χ1v) is 4.41. The summed E-state index contributed by atoms with van der Waals surface area (Å²) in [6, 6.07) is 0. The van der Waals surface area contributed by atoms with Gasteiger partial charge in [-0.2, -0.15) is 0 Å². The highest BCUT2D eigenvalue weighted by molar-refractivity contribution is 5.17. The smallest absolute Gasteiger partial charge is 0.156 e. The molecule has 0 aliphatic carbocycles. The van der Waals surface area contributed by atoms with Crippen LogP contribution in [0.1, 0.15) is 33.6 Å². The van der Waals surface area contributed by atoms with Crippen molar-refractivity contribution < 1.29 is 9.84 Å². The van der Waals surface area contributed by atoms with E-state index in [2.05, 4.69) is 6.92 Å². The van der Waals surface area contributed by atoms with Crippen LogP contribution in [0.5, 0.6) is 0 Å². The number of rotatable bonds is 5. The third-order valence-electron chi connectivity index (χ3n) is 1.54. The van der Waals surface area contributed by atoms with E-state index in [1.165, 1.54) is 0 Å². The van der Waals surface area contributed by atoms with Gasteiger partial charge >= 0.3 is 0 Å². The molecule has 0 fully saturated rings. The zero-order valence-electron chi connectivity index (χ0n) is 8.13. The molecule has 0 radical (unpaired) electrons. The van der Waals surface area contributed by atoms with Crippen molar-refractivity contribution >= 4 is 0 Å². The lowest BCUT2D eigenvalue weighted by molar-refractivity contribution is 0.189. The lowest BCUT2D eigenvalue weighted by Gasteiger charge is -2.07. The first-order valence-electron chi connectivity index (χ1n) is 4.41. The average molecular weight is 170 g/mol. The van der Waals surface area contributed by atoms with E-state index in [-0.39, 0.29) is 5.76 Å². The Labute approximate surface area is 74.6 Å². The molecule has 0 spiro atoms. The summed E-state index contributed by atoms with van der Waals surface area (Å²) in [5, 5.41) is 9.28. The minimum absolute atomic E-state index is 0.216. The number of hydrogen-bond donors (Lipinski definition) is 1.